The summed E-state index contributed by atoms with van der Waals surface area (Å²) in [5.41, 5.74) is 0. The largest absolute Gasteiger partial charge is 0.396 e. The van der Waals surface area contributed by atoms with Crippen LogP contribution >= 0.6 is 0 Å². The van der Waals surface area contributed by atoms with Crippen molar-refractivity contribution in [3.8, 4) is 0 Å². The average molecular weight is 298 g/mol. The maximum absolute atomic E-state index is 12.3. The first-order chi connectivity index (χ1) is 9.63. The molecule has 2 N–H and O–H groups in total. The minimum atomic E-state index is -3.60. The Hall–Kier alpha value is -0.980. The van der Waals surface area contributed by atoms with Gasteiger partial charge in [0.1, 0.15) is 0 Å². The molecule has 1 aromatic rings. The Morgan fingerprint density at radius 3 is 2.65 bits per heavy atom. The normalized spacial score (nSPS) is 18.9. The van der Waals surface area contributed by atoms with Gasteiger partial charge >= 0.3 is 0 Å². The number of aromatic nitrogens is 1. The molecule has 1 atom stereocenters. The van der Waals surface area contributed by atoms with Crippen molar-refractivity contribution in [2.24, 2.45) is 5.92 Å². The molecule has 112 valence electrons. The van der Waals surface area contributed by atoms with E-state index in [-0.39, 0.29) is 17.7 Å². The van der Waals surface area contributed by atoms with Crippen LogP contribution in [0.1, 0.15) is 38.5 Å². The molecule has 1 aliphatic carbocycles. The highest BCUT2D eigenvalue weighted by Gasteiger charge is 2.28. The molecule has 0 aliphatic heterocycles. The van der Waals surface area contributed by atoms with Gasteiger partial charge in [-0.1, -0.05) is 25.3 Å². The molecule has 0 radical (unpaired) electrons. The van der Waals surface area contributed by atoms with Crippen molar-refractivity contribution >= 4 is 10.0 Å². The van der Waals surface area contributed by atoms with Crippen molar-refractivity contribution in [3.63, 3.8) is 0 Å². The van der Waals surface area contributed by atoms with Crippen LogP contribution in [0.4, 0.5) is 0 Å². The molecular formula is C14H22N2O3S. The molecule has 1 aromatic heterocycles. The first-order valence-corrected chi connectivity index (χ1v) is 8.66. The van der Waals surface area contributed by atoms with Gasteiger partial charge in [0.15, 0.2) is 5.03 Å². The van der Waals surface area contributed by atoms with Crippen LogP contribution < -0.4 is 4.72 Å². The molecule has 6 heteroatoms. The van der Waals surface area contributed by atoms with Crippen LogP contribution in [0.5, 0.6) is 0 Å². The molecule has 1 saturated carbocycles. The monoisotopic (exact) mass is 298 g/mol. The molecule has 0 aromatic carbocycles. The van der Waals surface area contributed by atoms with Gasteiger partial charge in [-0.3, -0.25) is 0 Å². The summed E-state index contributed by atoms with van der Waals surface area (Å²) < 4.78 is 27.3. The van der Waals surface area contributed by atoms with E-state index in [1.165, 1.54) is 18.7 Å². The lowest BCUT2D eigenvalue weighted by molar-refractivity contribution is 0.221. The quantitative estimate of drug-likeness (QED) is 0.837. The number of rotatable bonds is 6. The molecule has 1 fully saturated rings. The lowest BCUT2D eigenvalue weighted by Crippen LogP contribution is -2.41. The summed E-state index contributed by atoms with van der Waals surface area (Å²) in [6, 6.07) is 4.63. The van der Waals surface area contributed by atoms with E-state index in [2.05, 4.69) is 9.71 Å². The molecule has 0 bridgehead atoms. The van der Waals surface area contributed by atoms with Crippen LogP contribution in [0.15, 0.2) is 29.4 Å². The fourth-order valence-corrected chi connectivity index (χ4v) is 4.12. The summed E-state index contributed by atoms with van der Waals surface area (Å²) in [5, 5.41) is 9.22. The summed E-state index contributed by atoms with van der Waals surface area (Å²) in [6.07, 6.45) is 7.46. The molecule has 0 amide bonds. The fourth-order valence-electron chi connectivity index (χ4n) is 2.83. The van der Waals surface area contributed by atoms with E-state index in [4.69, 9.17) is 0 Å². The number of hydrogen-bond donors (Lipinski definition) is 2. The van der Waals surface area contributed by atoms with Gasteiger partial charge in [0, 0.05) is 18.8 Å². The minimum Gasteiger partial charge on any atom is -0.396 e. The highest BCUT2D eigenvalue weighted by Crippen LogP contribution is 2.28. The Kier molecular flexibility index (Phi) is 5.51. The van der Waals surface area contributed by atoms with E-state index in [9.17, 15) is 13.5 Å². The maximum Gasteiger partial charge on any atom is 0.258 e. The highest BCUT2D eigenvalue weighted by atomic mass is 32.2. The Balaban J connectivity index is 2.10. The molecule has 0 saturated heterocycles. The van der Waals surface area contributed by atoms with E-state index < -0.39 is 10.0 Å². The van der Waals surface area contributed by atoms with Gasteiger partial charge < -0.3 is 5.11 Å². The molecule has 20 heavy (non-hydrogen) atoms. The van der Waals surface area contributed by atoms with Crippen molar-refractivity contribution in [1.29, 1.82) is 0 Å². The lowest BCUT2D eigenvalue weighted by atomic mass is 9.83. The molecule has 0 spiro atoms. The van der Waals surface area contributed by atoms with Crippen molar-refractivity contribution in [3.05, 3.63) is 24.4 Å². The number of pyridine rings is 1. The summed E-state index contributed by atoms with van der Waals surface area (Å²) in [5.74, 6) is 0.314. The smallest absolute Gasteiger partial charge is 0.258 e. The molecule has 1 heterocycles. The molecule has 5 nitrogen and oxygen atoms in total. The third-order valence-corrected chi connectivity index (χ3v) is 5.28. The summed E-state index contributed by atoms with van der Waals surface area (Å²) >= 11 is 0. The number of sulfonamides is 1. The molecule has 1 unspecified atom stereocenters. The molecule has 1 aliphatic rings. The van der Waals surface area contributed by atoms with Crippen LogP contribution in [0.2, 0.25) is 0 Å². The van der Waals surface area contributed by atoms with Crippen LogP contribution in [0, 0.1) is 5.92 Å². The zero-order chi connectivity index (χ0) is 14.4. The standard InChI is InChI=1S/C14H22N2O3S/c17-11-9-13(12-6-2-1-3-7-12)16-20(18,19)14-8-4-5-10-15-14/h4-5,8,10,12-13,16-17H,1-3,6-7,9,11H2. The van der Waals surface area contributed by atoms with Gasteiger partial charge in [-0.25, -0.2) is 18.1 Å². The summed E-state index contributed by atoms with van der Waals surface area (Å²) in [6.45, 7) is -0.00803. The zero-order valence-electron chi connectivity index (χ0n) is 11.5. The molecular weight excluding hydrogens is 276 g/mol. The third kappa shape index (κ3) is 4.01. The third-order valence-electron chi connectivity index (χ3n) is 3.88. The van der Waals surface area contributed by atoms with E-state index in [0.717, 1.165) is 25.7 Å². The number of nitrogens with zero attached hydrogens (tertiary/aromatic N) is 1. The second-order valence-corrected chi connectivity index (χ2v) is 6.97. The Morgan fingerprint density at radius 1 is 1.30 bits per heavy atom. The van der Waals surface area contributed by atoms with Gasteiger partial charge in [0.25, 0.3) is 10.0 Å². The lowest BCUT2D eigenvalue weighted by Gasteiger charge is -2.30. The number of nitrogens with one attached hydrogen (secondary N) is 1. The van der Waals surface area contributed by atoms with E-state index >= 15 is 0 Å². The zero-order valence-corrected chi connectivity index (χ0v) is 12.3. The Labute approximate surface area is 120 Å². The molecule has 2 rings (SSSR count). The summed E-state index contributed by atoms with van der Waals surface area (Å²) in [7, 11) is -3.60. The van der Waals surface area contributed by atoms with Crippen LogP contribution in [0.3, 0.4) is 0 Å². The van der Waals surface area contributed by atoms with Crippen molar-refractivity contribution < 1.29 is 13.5 Å². The number of hydrogen-bond acceptors (Lipinski definition) is 4. The first kappa shape index (κ1) is 15.4. The van der Waals surface area contributed by atoms with Gasteiger partial charge in [0.2, 0.25) is 0 Å². The van der Waals surface area contributed by atoms with E-state index in [1.807, 2.05) is 0 Å². The number of aliphatic hydroxyl groups is 1. The minimum absolute atomic E-state index is 0.00803. The summed E-state index contributed by atoms with van der Waals surface area (Å²) in [4.78, 5) is 3.90. The van der Waals surface area contributed by atoms with Crippen LogP contribution in [-0.2, 0) is 10.0 Å². The van der Waals surface area contributed by atoms with Crippen molar-refractivity contribution in [2.75, 3.05) is 6.61 Å². The predicted molar refractivity (Wildman–Crippen MR) is 76.6 cm³/mol. The first-order valence-electron chi connectivity index (χ1n) is 7.18. The van der Waals surface area contributed by atoms with Crippen LogP contribution in [-0.4, -0.2) is 31.2 Å². The topological polar surface area (TPSA) is 79.3 Å². The van der Waals surface area contributed by atoms with Crippen LogP contribution in [0.25, 0.3) is 0 Å². The second kappa shape index (κ2) is 7.15. The van der Waals surface area contributed by atoms with Gasteiger partial charge in [-0.15, -0.1) is 0 Å². The average Bonchev–Trinajstić information content (AvgIpc) is 2.48. The Bertz CT molecular complexity index is 498. The van der Waals surface area contributed by atoms with Gasteiger partial charge in [-0.05, 0) is 37.3 Å². The SMILES string of the molecule is O=S(=O)(NC(CCO)C1CCCCC1)c1ccccn1. The predicted octanol–water partition coefficient (Wildman–Crippen LogP) is 1.69. The Morgan fingerprint density at radius 2 is 2.05 bits per heavy atom. The van der Waals surface area contributed by atoms with Crippen molar-refractivity contribution in [2.45, 2.75) is 49.6 Å². The van der Waals surface area contributed by atoms with Gasteiger partial charge in [-0.2, -0.15) is 0 Å². The maximum atomic E-state index is 12.3. The number of aliphatic hydroxyl groups excluding tert-OH is 1. The van der Waals surface area contributed by atoms with Gasteiger partial charge in [0.05, 0.1) is 0 Å². The van der Waals surface area contributed by atoms with Crippen molar-refractivity contribution in [1.82, 2.24) is 9.71 Å². The second-order valence-electron chi connectivity index (χ2n) is 5.31. The van der Waals surface area contributed by atoms with E-state index in [1.54, 1.807) is 12.1 Å². The fraction of sp³-hybridized carbons (Fsp3) is 0.643. The van der Waals surface area contributed by atoms with E-state index in [0.29, 0.717) is 12.3 Å². The highest BCUT2D eigenvalue weighted by molar-refractivity contribution is 7.89.